The van der Waals surface area contributed by atoms with Gasteiger partial charge in [0.1, 0.15) is 5.60 Å². The van der Waals surface area contributed by atoms with E-state index < -0.39 is 5.60 Å². The first kappa shape index (κ1) is 18.2. The first-order valence-electron chi connectivity index (χ1n) is 9.00. The van der Waals surface area contributed by atoms with E-state index in [9.17, 15) is 4.79 Å². The molecule has 1 N–H and O–H groups in total. The lowest BCUT2D eigenvalue weighted by Gasteiger charge is -2.22. The van der Waals surface area contributed by atoms with Gasteiger partial charge in [-0.3, -0.25) is 0 Å². The predicted molar refractivity (Wildman–Crippen MR) is 101 cm³/mol. The third-order valence-electron chi connectivity index (χ3n) is 4.01. The minimum absolute atomic E-state index is 0.00703. The summed E-state index contributed by atoms with van der Waals surface area (Å²) in [5, 5.41) is 2.93. The number of para-hydroxylation sites is 2. The van der Waals surface area contributed by atoms with Gasteiger partial charge in [0.25, 0.3) is 5.88 Å². The second kappa shape index (κ2) is 7.35. The molecule has 1 aromatic carbocycles. The van der Waals surface area contributed by atoms with Crippen molar-refractivity contribution < 1.29 is 14.3 Å². The average molecular weight is 358 g/mol. The van der Waals surface area contributed by atoms with Crippen molar-refractivity contribution in [3.05, 3.63) is 24.3 Å². The SMILES string of the molecule is CCOc1nc2ccccc2nc1N1CCC(NC(=O)OC(C)(C)C)C1. The smallest absolute Gasteiger partial charge is 0.407 e. The molecular formula is C19H26N4O3. The van der Waals surface area contributed by atoms with Gasteiger partial charge in [0.15, 0.2) is 5.82 Å². The van der Waals surface area contributed by atoms with E-state index in [1.807, 2.05) is 52.0 Å². The average Bonchev–Trinajstić information content (AvgIpc) is 3.01. The number of alkyl carbamates (subject to hydrolysis) is 1. The van der Waals surface area contributed by atoms with Gasteiger partial charge in [0.05, 0.1) is 23.7 Å². The van der Waals surface area contributed by atoms with Crippen LogP contribution in [-0.4, -0.2) is 47.4 Å². The van der Waals surface area contributed by atoms with E-state index in [-0.39, 0.29) is 12.1 Å². The summed E-state index contributed by atoms with van der Waals surface area (Å²) < 4.78 is 11.1. The molecule has 26 heavy (non-hydrogen) atoms. The molecular weight excluding hydrogens is 332 g/mol. The van der Waals surface area contributed by atoms with E-state index in [1.165, 1.54) is 0 Å². The molecule has 1 atom stereocenters. The second-order valence-corrected chi connectivity index (χ2v) is 7.35. The Morgan fingerprint density at radius 1 is 1.27 bits per heavy atom. The maximum absolute atomic E-state index is 12.0. The molecule has 1 unspecified atom stereocenters. The summed E-state index contributed by atoms with van der Waals surface area (Å²) in [5.41, 5.74) is 1.13. The van der Waals surface area contributed by atoms with Gasteiger partial charge in [-0.15, -0.1) is 0 Å². The highest BCUT2D eigenvalue weighted by Crippen LogP contribution is 2.29. The van der Waals surface area contributed by atoms with E-state index in [4.69, 9.17) is 14.5 Å². The van der Waals surface area contributed by atoms with Gasteiger partial charge in [-0.1, -0.05) is 12.1 Å². The Labute approximate surface area is 153 Å². The normalized spacial score (nSPS) is 17.4. The molecule has 1 aliphatic heterocycles. The summed E-state index contributed by atoms with van der Waals surface area (Å²) >= 11 is 0. The maximum Gasteiger partial charge on any atom is 0.407 e. The number of carbonyl (C=O) groups is 1. The van der Waals surface area contributed by atoms with Crippen molar-refractivity contribution in [3.63, 3.8) is 0 Å². The lowest BCUT2D eigenvalue weighted by Crippen LogP contribution is -2.40. The van der Waals surface area contributed by atoms with Gasteiger partial charge in [-0.05, 0) is 46.2 Å². The van der Waals surface area contributed by atoms with Crippen LogP contribution in [0.15, 0.2) is 24.3 Å². The fourth-order valence-electron chi connectivity index (χ4n) is 2.96. The highest BCUT2D eigenvalue weighted by Gasteiger charge is 2.29. The van der Waals surface area contributed by atoms with E-state index >= 15 is 0 Å². The lowest BCUT2D eigenvalue weighted by atomic mass is 10.2. The molecule has 3 rings (SSSR count). The minimum atomic E-state index is -0.506. The molecule has 7 nitrogen and oxygen atoms in total. The Morgan fingerprint density at radius 3 is 2.62 bits per heavy atom. The molecule has 0 radical (unpaired) electrons. The number of ether oxygens (including phenoxy) is 2. The van der Waals surface area contributed by atoms with Crippen molar-refractivity contribution in [1.29, 1.82) is 0 Å². The summed E-state index contributed by atoms with van der Waals surface area (Å²) in [6.45, 7) is 9.43. The Morgan fingerprint density at radius 2 is 1.96 bits per heavy atom. The number of rotatable bonds is 4. The number of benzene rings is 1. The van der Waals surface area contributed by atoms with Gasteiger partial charge in [-0.2, -0.15) is 0 Å². The lowest BCUT2D eigenvalue weighted by molar-refractivity contribution is 0.0509. The number of nitrogens with one attached hydrogen (secondary N) is 1. The molecule has 0 spiro atoms. The van der Waals surface area contributed by atoms with Gasteiger partial charge >= 0.3 is 6.09 Å². The summed E-state index contributed by atoms with van der Waals surface area (Å²) in [4.78, 5) is 23.4. The number of nitrogens with zero attached hydrogens (tertiary/aromatic N) is 3. The van der Waals surface area contributed by atoms with Crippen LogP contribution in [0.2, 0.25) is 0 Å². The molecule has 0 saturated carbocycles. The molecule has 1 aromatic heterocycles. The van der Waals surface area contributed by atoms with E-state index in [2.05, 4.69) is 15.2 Å². The number of fused-ring (bicyclic) bond motifs is 1. The van der Waals surface area contributed by atoms with E-state index in [0.717, 1.165) is 29.8 Å². The van der Waals surface area contributed by atoms with Crippen LogP contribution < -0.4 is 15.0 Å². The molecule has 140 valence electrons. The van der Waals surface area contributed by atoms with Crippen LogP contribution >= 0.6 is 0 Å². The fraction of sp³-hybridized carbons (Fsp3) is 0.526. The molecule has 7 heteroatoms. The van der Waals surface area contributed by atoms with Crippen LogP contribution in [0.1, 0.15) is 34.1 Å². The van der Waals surface area contributed by atoms with Crippen LogP contribution in [0, 0.1) is 0 Å². The summed E-state index contributed by atoms with van der Waals surface area (Å²) in [7, 11) is 0. The van der Waals surface area contributed by atoms with Gasteiger partial charge < -0.3 is 19.7 Å². The van der Waals surface area contributed by atoms with Crippen molar-refractivity contribution in [2.24, 2.45) is 0 Å². The number of anilines is 1. The zero-order chi connectivity index (χ0) is 18.7. The molecule has 1 amide bonds. The van der Waals surface area contributed by atoms with Crippen LogP contribution in [0.4, 0.5) is 10.6 Å². The zero-order valence-electron chi connectivity index (χ0n) is 15.8. The summed E-state index contributed by atoms with van der Waals surface area (Å²) in [6.07, 6.45) is 0.429. The Kier molecular flexibility index (Phi) is 5.15. The highest BCUT2D eigenvalue weighted by atomic mass is 16.6. The van der Waals surface area contributed by atoms with Gasteiger partial charge in [0, 0.05) is 13.1 Å². The van der Waals surface area contributed by atoms with Crippen molar-refractivity contribution in [2.75, 3.05) is 24.6 Å². The van der Waals surface area contributed by atoms with Crippen molar-refractivity contribution in [2.45, 2.75) is 45.8 Å². The largest absolute Gasteiger partial charge is 0.475 e. The number of hydrogen-bond acceptors (Lipinski definition) is 6. The molecule has 0 aliphatic carbocycles. The van der Waals surface area contributed by atoms with Crippen LogP contribution in [-0.2, 0) is 4.74 Å². The fourth-order valence-corrected chi connectivity index (χ4v) is 2.96. The van der Waals surface area contributed by atoms with Crippen LogP contribution in [0.3, 0.4) is 0 Å². The van der Waals surface area contributed by atoms with Crippen molar-refractivity contribution >= 4 is 22.9 Å². The van der Waals surface area contributed by atoms with Crippen LogP contribution in [0.5, 0.6) is 5.88 Å². The number of hydrogen-bond donors (Lipinski definition) is 1. The molecule has 2 heterocycles. The minimum Gasteiger partial charge on any atom is -0.475 e. The first-order chi connectivity index (χ1) is 12.4. The highest BCUT2D eigenvalue weighted by molar-refractivity contribution is 5.77. The van der Waals surface area contributed by atoms with E-state index in [0.29, 0.717) is 19.0 Å². The second-order valence-electron chi connectivity index (χ2n) is 7.35. The monoisotopic (exact) mass is 358 g/mol. The van der Waals surface area contributed by atoms with E-state index in [1.54, 1.807) is 0 Å². The Balaban J connectivity index is 1.75. The number of amides is 1. The molecule has 1 saturated heterocycles. The van der Waals surface area contributed by atoms with Crippen LogP contribution in [0.25, 0.3) is 11.0 Å². The Bertz CT molecular complexity index is 788. The summed E-state index contributed by atoms with van der Waals surface area (Å²) in [5.74, 6) is 1.25. The molecule has 0 bridgehead atoms. The zero-order valence-corrected chi connectivity index (χ0v) is 15.8. The Hall–Kier alpha value is -2.57. The maximum atomic E-state index is 12.0. The first-order valence-corrected chi connectivity index (χ1v) is 9.00. The number of aromatic nitrogens is 2. The van der Waals surface area contributed by atoms with Gasteiger partial charge in [-0.25, -0.2) is 14.8 Å². The standard InChI is InChI=1S/C19H26N4O3/c1-5-25-17-16(21-14-8-6-7-9-15(14)22-17)23-11-10-13(12-23)20-18(24)26-19(2,3)4/h6-9,13H,5,10-12H2,1-4H3,(H,20,24). The molecule has 1 fully saturated rings. The third-order valence-corrected chi connectivity index (χ3v) is 4.01. The molecule has 1 aliphatic rings. The third kappa shape index (κ3) is 4.33. The quantitative estimate of drug-likeness (QED) is 0.905. The molecule has 2 aromatic rings. The topological polar surface area (TPSA) is 76.6 Å². The predicted octanol–water partition coefficient (Wildman–Crippen LogP) is 3.13. The summed E-state index contributed by atoms with van der Waals surface area (Å²) in [6, 6.07) is 7.74. The number of carbonyl (C=O) groups excluding carboxylic acids is 1. The van der Waals surface area contributed by atoms with Crippen molar-refractivity contribution in [1.82, 2.24) is 15.3 Å². The van der Waals surface area contributed by atoms with Gasteiger partial charge in [0.2, 0.25) is 0 Å². The van der Waals surface area contributed by atoms with Crippen molar-refractivity contribution in [3.8, 4) is 5.88 Å².